The predicted octanol–water partition coefficient (Wildman–Crippen LogP) is 1.75. The van der Waals surface area contributed by atoms with E-state index < -0.39 is 0 Å². The van der Waals surface area contributed by atoms with Gasteiger partial charge in [-0.15, -0.1) is 10.2 Å². The minimum absolute atomic E-state index is 0.439. The second kappa shape index (κ2) is 11.3. The van der Waals surface area contributed by atoms with Crippen molar-refractivity contribution in [1.82, 2.24) is 25.0 Å². The number of rotatable bonds is 10. The zero-order valence-electron chi connectivity index (χ0n) is 18.2. The van der Waals surface area contributed by atoms with Gasteiger partial charge in [0.05, 0.1) is 14.2 Å². The molecule has 0 atom stereocenters. The number of benzene rings is 1. The van der Waals surface area contributed by atoms with Crippen molar-refractivity contribution in [1.29, 1.82) is 0 Å². The Hall–Kier alpha value is -2.81. The standard InChI is InChI=1S/C20H32N6O3/c1-15-23-24-19(26(15)3)13-22-20(21-10-7-11-27-4)25(2)14-16-8-9-17(28-5)12-18(16)29-6/h8-9,12H,7,10-11,13-14H2,1-6H3,(H,21,22). The molecular formula is C20H32N6O3. The van der Waals surface area contributed by atoms with E-state index in [4.69, 9.17) is 19.2 Å². The van der Waals surface area contributed by atoms with E-state index in [-0.39, 0.29) is 0 Å². The molecule has 2 rings (SSSR count). The van der Waals surface area contributed by atoms with Crippen LogP contribution in [0, 0.1) is 6.92 Å². The number of guanidine groups is 1. The average molecular weight is 405 g/mol. The van der Waals surface area contributed by atoms with Crippen LogP contribution in [0.5, 0.6) is 11.5 Å². The Morgan fingerprint density at radius 1 is 1.21 bits per heavy atom. The van der Waals surface area contributed by atoms with E-state index in [2.05, 4.69) is 20.4 Å². The number of methoxy groups -OCH3 is 3. The first-order chi connectivity index (χ1) is 14.0. The van der Waals surface area contributed by atoms with Crippen molar-refractivity contribution in [2.75, 3.05) is 41.5 Å². The lowest BCUT2D eigenvalue weighted by atomic mass is 10.2. The third kappa shape index (κ3) is 6.35. The molecule has 0 spiro atoms. The minimum Gasteiger partial charge on any atom is -0.497 e. The highest BCUT2D eigenvalue weighted by molar-refractivity contribution is 5.79. The molecule has 0 fully saturated rings. The van der Waals surface area contributed by atoms with Gasteiger partial charge in [0.15, 0.2) is 11.8 Å². The summed E-state index contributed by atoms with van der Waals surface area (Å²) in [5.74, 6) is 3.99. The Balaban J connectivity index is 2.15. The molecular weight excluding hydrogens is 372 g/mol. The SMILES string of the molecule is COCCCNC(=NCc1nnc(C)n1C)N(C)Cc1ccc(OC)cc1OC. The summed E-state index contributed by atoms with van der Waals surface area (Å²) in [5.41, 5.74) is 1.04. The predicted molar refractivity (Wildman–Crippen MR) is 112 cm³/mol. The molecule has 1 N–H and O–H groups in total. The lowest BCUT2D eigenvalue weighted by Gasteiger charge is -2.23. The number of aromatic nitrogens is 3. The quantitative estimate of drug-likeness (QED) is 0.367. The lowest BCUT2D eigenvalue weighted by molar-refractivity contribution is 0.195. The van der Waals surface area contributed by atoms with Gasteiger partial charge in [-0.3, -0.25) is 0 Å². The molecule has 0 amide bonds. The van der Waals surface area contributed by atoms with Crippen LogP contribution in [-0.4, -0.2) is 67.2 Å². The van der Waals surface area contributed by atoms with E-state index in [0.29, 0.717) is 19.7 Å². The molecule has 9 heteroatoms. The summed E-state index contributed by atoms with van der Waals surface area (Å²) in [6.07, 6.45) is 0.887. The van der Waals surface area contributed by atoms with E-state index in [1.807, 2.05) is 43.8 Å². The summed E-state index contributed by atoms with van der Waals surface area (Å²) < 4.78 is 17.9. The number of aryl methyl sites for hydroxylation is 1. The third-order valence-corrected chi connectivity index (χ3v) is 4.62. The van der Waals surface area contributed by atoms with Crippen molar-refractivity contribution < 1.29 is 14.2 Å². The van der Waals surface area contributed by atoms with Crippen LogP contribution < -0.4 is 14.8 Å². The van der Waals surface area contributed by atoms with Gasteiger partial charge in [0.1, 0.15) is 23.9 Å². The molecule has 1 aromatic carbocycles. The molecule has 2 aromatic rings. The first-order valence-corrected chi connectivity index (χ1v) is 9.54. The van der Waals surface area contributed by atoms with Crippen molar-refractivity contribution in [3.05, 3.63) is 35.4 Å². The van der Waals surface area contributed by atoms with E-state index in [9.17, 15) is 0 Å². The van der Waals surface area contributed by atoms with E-state index in [1.165, 1.54) is 0 Å². The highest BCUT2D eigenvalue weighted by atomic mass is 16.5. The van der Waals surface area contributed by atoms with E-state index in [1.54, 1.807) is 21.3 Å². The molecule has 0 saturated heterocycles. The molecule has 0 radical (unpaired) electrons. The van der Waals surface area contributed by atoms with Crippen LogP contribution >= 0.6 is 0 Å². The van der Waals surface area contributed by atoms with Gasteiger partial charge in [0.25, 0.3) is 0 Å². The Bertz CT molecular complexity index is 806. The molecule has 0 aliphatic carbocycles. The molecule has 0 aliphatic rings. The van der Waals surface area contributed by atoms with Crippen LogP contribution in [0.3, 0.4) is 0 Å². The lowest BCUT2D eigenvalue weighted by Crippen LogP contribution is -2.39. The van der Waals surface area contributed by atoms with Gasteiger partial charge >= 0.3 is 0 Å². The fourth-order valence-electron chi connectivity index (χ4n) is 2.78. The number of aliphatic imine (C=N–C) groups is 1. The molecule has 0 saturated carbocycles. The monoisotopic (exact) mass is 404 g/mol. The van der Waals surface area contributed by atoms with Crippen molar-refractivity contribution in [2.24, 2.45) is 12.0 Å². The summed E-state index contributed by atoms with van der Waals surface area (Å²) in [7, 11) is 8.94. The fraction of sp³-hybridized carbons (Fsp3) is 0.550. The molecule has 9 nitrogen and oxygen atoms in total. The van der Waals surface area contributed by atoms with Crippen molar-refractivity contribution in [3.8, 4) is 11.5 Å². The molecule has 1 aromatic heterocycles. The largest absolute Gasteiger partial charge is 0.497 e. The van der Waals surface area contributed by atoms with Crippen molar-refractivity contribution in [3.63, 3.8) is 0 Å². The third-order valence-electron chi connectivity index (χ3n) is 4.62. The molecule has 0 bridgehead atoms. The maximum Gasteiger partial charge on any atom is 0.194 e. The van der Waals surface area contributed by atoms with Crippen molar-refractivity contribution >= 4 is 5.96 Å². The van der Waals surface area contributed by atoms with Gasteiger partial charge in [-0.25, -0.2) is 4.99 Å². The van der Waals surface area contributed by atoms with Crippen molar-refractivity contribution in [2.45, 2.75) is 26.4 Å². The number of ether oxygens (including phenoxy) is 3. The van der Waals surface area contributed by atoms with Gasteiger partial charge in [0, 0.05) is 52.5 Å². The van der Waals surface area contributed by atoms with Crippen LogP contribution in [0.1, 0.15) is 23.6 Å². The Morgan fingerprint density at radius 2 is 2.00 bits per heavy atom. The average Bonchev–Trinajstić information content (AvgIpc) is 3.05. The zero-order chi connectivity index (χ0) is 21.2. The number of hydrogen-bond donors (Lipinski definition) is 1. The zero-order valence-corrected chi connectivity index (χ0v) is 18.2. The summed E-state index contributed by atoms with van der Waals surface area (Å²) in [6.45, 7) is 4.44. The van der Waals surface area contributed by atoms with Gasteiger partial charge < -0.3 is 29.0 Å². The summed E-state index contributed by atoms with van der Waals surface area (Å²) >= 11 is 0. The van der Waals surface area contributed by atoms with E-state index in [0.717, 1.165) is 47.6 Å². The first kappa shape index (κ1) is 22.5. The van der Waals surface area contributed by atoms with Crippen LogP contribution in [0.2, 0.25) is 0 Å². The van der Waals surface area contributed by atoms with Gasteiger partial charge in [0.2, 0.25) is 0 Å². The minimum atomic E-state index is 0.439. The van der Waals surface area contributed by atoms with Crippen LogP contribution in [0.15, 0.2) is 23.2 Å². The Kier molecular flexibility index (Phi) is 8.72. The normalized spacial score (nSPS) is 11.4. The Labute approximate surface area is 172 Å². The molecule has 1 heterocycles. The van der Waals surface area contributed by atoms with Gasteiger partial charge in [-0.05, 0) is 25.5 Å². The molecule has 0 unspecified atom stereocenters. The summed E-state index contributed by atoms with van der Waals surface area (Å²) in [4.78, 5) is 6.81. The second-order valence-corrected chi connectivity index (χ2v) is 6.67. The summed E-state index contributed by atoms with van der Waals surface area (Å²) in [5, 5.41) is 11.7. The molecule has 160 valence electrons. The molecule has 0 aliphatic heterocycles. The number of hydrogen-bond acceptors (Lipinski definition) is 6. The van der Waals surface area contributed by atoms with Crippen LogP contribution in [0.25, 0.3) is 0 Å². The maximum absolute atomic E-state index is 5.52. The second-order valence-electron chi connectivity index (χ2n) is 6.67. The van der Waals surface area contributed by atoms with Crippen LogP contribution in [-0.2, 0) is 24.9 Å². The van der Waals surface area contributed by atoms with Gasteiger partial charge in [-0.2, -0.15) is 0 Å². The highest BCUT2D eigenvalue weighted by Gasteiger charge is 2.13. The molecule has 29 heavy (non-hydrogen) atoms. The Morgan fingerprint density at radius 3 is 2.62 bits per heavy atom. The first-order valence-electron chi connectivity index (χ1n) is 9.54. The smallest absolute Gasteiger partial charge is 0.194 e. The fourth-order valence-corrected chi connectivity index (χ4v) is 2.78. The van der Waals surface area contributed by atoms with Gasteiger partial charge in [-0.1, -0.05) is 0 Å². The van der Waals surface area contributed by atoms with Crippen LogP contribution in [0.4, 0.5) is 0 Å². The summed E-state index contributed by atoms with van der Waals surface area (Å²) in [6, 6.07) is 5.81. The number of nitrogens with zero attached hydrogens (tertiary/aromatic N) is 5. The van der Waals surface area contributed by atoms with E-state index >= 15 is 0 Å². The maximum atomic E-state index is 5.52. The highest BCUT2D eigenvalue weighted by Crippen LogP contribution is 2.25. The number of nitrogens with one attached hydrogen (secondary N) is 1. The topological polar surface area (TPSA) is 86.0 Å².